The predicted molar refractivity (Wildman–Crippen MR) is 93.1 cm³/mol. The quantitative estimate of drug-likeness (QED) is 0.770. The number of H-pyrrole nitrogens is 1. The summed E-state index contributed by atoms with van der Waals surface area (Å²) >= 11 is 0. The lowest BCUT2D eigenvalue weighted by atomic mass is 10.1. The molecule has 0 spiro atoms. The number of aromatic amines is 1. The first-order chi connectivity index (χ1) is 11.5. The standard InChI is InChI=1S/C17H18N6O/c1-11-19-15(22-21-11)12-6-4-7-13(10-12)20-17(24)14-8-5-9-18-16(14)23(2)3/h4-10H,1-3H3,(H,20,24)(H,19,21,22). The molecule has 0 fully saturated rings. The van der Waals surface area contributed by atoms with Crippen LogP contribution in [-0.4, -0.2) is 40.2 Å². The van der Waals surface area contributed by atoms with Gasteiger partial charge in [-0.2, -0.15) is 5.10 Å². The summed E-state index contributed by atoms with van der Waals surface area (Å²) in [6, 6.07) is 10.9. The maximum Gasteiger partial charge on any atom is 0.259 e. The van der Waals surface area contributed by atoms with Crippen molar-refractivity contribution in [1.29, 1.82) is 0 Å². The van der Waals surface area contributed by atoms with Crippen molar-refractivity contribution >= 4 is 17.4 Å². The molecule has 3 aromatic rings. The van der Waals surface area contributed by atoms with Crippen LogP contribution in [-0.2, 0) is 0 Å². The van der Waals surface area contributed by atoms with E-state index in [0.29, 0.717) is 22.9 Å². The first kappa shape index (κ1) is 15.7. The number of aryl methyl sites for hydroxylation is 1. The maximum atomic E-state index is 12.6. The monoisotopic (exact) mass is 322 g/mol. The molecule has 1 aromatic carbocycles. The Morgan fingerprint density at radius 2 is 2.04 bits per heavy atom. The number of hydrogen-bond donors (Lipinski definition) is 2. The Balaban J connectivity index is 1.85. The minimum absolute atomic E-state index is 0.213. The Hall–Kier alpha value is -3.22. The number of anilines is 2. The van der Waals surface area contributed by atoms with E-state index in [2.05, 4.69) is 25.5 Å². The number of hydrogen-bond acceptors (Lipinski definition) is 5. The van der Waals surface area contributed by atoms with Crippen molar-refractivity contribution in [2.45, 2.75) is 6.92 Å². The average Bonchev–Trinajstić information content (AvgIpc) is 3.01. The largest absolute Gasteiger partial charge is 0.362 e. The van der Waals surface area contributed by atoms with Crippen molar-refractivity contribution in [2.75, 3.05) is 24.3 Å². The molecule has 0 atom stereocenters. The zero-order valence-corrected chi connectivity index (χ0v) is 13.7. The summed E-state index contributed by atoms with van der Waals surface area (Å²) in [5, 5.41) is 9.85. The SMILES string of the molecule is Cc1nc(-c2cccc(NC(=O)c3cccnc3N(C)C)c2)n[nH]1. The lowest BCUT2D eigenvalue weighted by Gasteiger charge is -2.15. The normalized spacial score (nSPS) is 10.5. The van der Waals surface area contributed by atoms with E-state index < -0.39 is 0 Å². The molecule has 2 heterocycles. The molecule has 2 N–H and O–H groups in total. The van der Waals surface area contributed by atoms with Crippen LogP contribution < -0.4 is 10.2 Å². The fourth-order valence-corrected chi connectivity index (χ4v) is 2.34. The highest BCUT2D eigenvalue weighted by molar-refractivity contribution is 6.07. The molecule has 0 aliphatic rings. The molecule has 122 valence electrons. The molecule has 7 nitrogen and oxygen atoms in total. The summed E-state index contributed by atoms with van der Waals surface area (Å²) < 4.78 is 0. The Kier molecular flexibility index (Phi) is 4.24. The van der Waals surface area contributed by atoms with Gasteiger partial charge in [-0.05, 0) is 31.2 Å². The molecule has 1 amide bonds. The Labute approximate surface area is 139 Å². The second-order valence-electron chi connectivity index (χ2n) is 5.55. The number of benzene rings is 1. The van der Waals surface area contributed by atoms with Crippen molar-refractivity contribution in [2.24, 2.45) is 0 Å². The molecule has 0 saturated carbocycles. The van der Waals surface area contributed by atoms with Gasteiger partial charge in [-0.1, -0.05) is 12.1 Å². The molecule has 7 heteroatoms. The third-order valence-electron chi connectivity index (χ3n) is 3.43. The van der Waals surface area contributed by atoms with Gasteiger partial charge in [0.15, 0.2) is 5.82 Å². The van der Waals surface area contributed by atoms with E-state index in [1.54, 1.807) is 18.3 Å². The molecule has 0 radical (unpaired) electrons. The van der Waals surface area contributed by atoms with Crippen LogP contribution >= 0.6 is 0 Å². The van der Waals surface area contributed by atoms with Crippen molar-refractivity contribution in [3.63, 3.8) is 0 Å². The van der Waals surface area contributed by atoms with Gasteiger partial charge in [0.05, 0.1) is 5.56 Å². The van der Waals surface area contributed by atoms with Crippen LogP contribution in [0.2, 0.25) is 0 Å². The average molecular weight is 322 g/mol. The smallest absolute Gasteiger partial charge is 0.259 e. The number of aromatic nitrogens is 4. The van der Waals surface area contributed by atoms with E-state index in [-0.39, 0.29) is 5.91 Å². The molecular formula is C17H18N6O. The zero-order valence-electron chi connectivity index (χ0n) is 13.7. The van der Waals surface area contributed by atoms with Crippen LogP contribution in [0.4, 0.5) is 11.5 Å². The number of carbonyl (C=O) groups is 1. The maximum absolute atomic E-state index is 12.6. The van der Waals surface area contributed by atoms with Gasteiger partial charge in [-0.25, -0.2) is 9.97 Å². The molecule has 3 rings (SSSR count). The van der Waals surface area contributed by atoms with Crippen LogP contribution in [0.1, 0.15) is 16.2 Å². The molecular weight excluding hydrogens is 304 g/mol. The Morgan fingerprint density at radius 1 is 1.21 bits per heavy atom. The first-order valence-corrected chi connectivity index (χ1v) is 7.48. The molecule has 24 heavy (non-hydrogen) atoms. The second kappa shape index (κ2) is 6.49. The van der Waals surface area contributed by atoms with Gasteiger partial charge in [0.25, 0.3) is 5.91 Å². The number of nitrogens with one attached hydrogen (secondary N) is 2. The summed E-state index contributed by atoms with van der Waals surface area (Å²) in [6.45, 7) is 1.84. The lowest BCUT2D eigenvalue weighted by molar-refractivity contribution is 0.102. The third-order valence-corrected chi connectivity index (χ3v) is 3.43. The van der Waals surface area contributed by atoms with Gasteiger partial charge in [0, 0.05) is 31.5 Å². The van der Waals surface area contributed by atoms with Crippen LogP contribution in [0.5, 0.6) is 0 Å². The summed E-state index contributed by atoms with van der Waals surface area (Å²) in [4.78, 5) is 22.9. The zero-order chi connectivity index (χ0) is 17.1. The molecule has 0 saturated heterocycles. The third kappa shape index (κ3) is 3.24. The summed E-state index contributed by atoms with van der Waals surface area (Å²) in [5.74, 6) is 1.75. The van der Waals surface area contributed by atoms with Crippen LogP contribution in [0.3, 0.4) is 0 Å². The molecule has 0 unspecified atom stereocenters. The topological polar surface area (TPSA) is 86.8 Å². The van der Waals surface area contributed by atoms with Crippen molar-refractivity contribution < 1.29 is 4.79 Å². The van der Waals surface area contributed by atoms with E-state index in [0.717, 1.165) is 11.4 Å². The molecule has 0 bridgehead atoms. The van der Waals surface area contributed by atoms with Gasteiger partial charge in [-0.15, -0.1) is 0 Å². The van der Waals surface area contributed by atoms with E-state index >= 15 is 0 Å². The number of rotatable bonds is 4. The van der Waals surface area contributed by atoms with E-state index in [1.807, 2.05) is 50.2 Å². The van der Waals surface area contributed by atoms with E-state index in [9.17, 15) is 4.79 Å². The molecule has 2 aromatic heterocycles. The van der Waals surface area contributed by atoms with Crippen LogP contribution in [0.15, 0.2) is 42.6 Å². The van der Waals surface area contributed by atoms with Gasteiger partial charge in [-0.3, -0.25) is 9.89 Å². The van der Waals surface area contributed by atoms with E-state index in [4.69, 9.17) is 0 Å². The predicted octanol–water partition coefficient (Wildman–Crippen LogP) is 2.49. The number of amides is 1. The van der Waals surface area contributed by atoms with Crippen LogP contribution in [0, 0.1) is 6.92 Å². The van der Waals surface area contributed by atoms with Crippen molar-refractivity contribution in [1.82, 2.24) is 20.2 Å². The number of carbonyl (C=O) groups excluding carboxylic acids is 1. The van der Waals surface area contributed by atoms with Crippen molar-refractivity contribution in [3.05, 3.63) is 54.0 Å². The minimum atomic E-state index is -0.213. The Bertz CT molecular complexity index is 871. The molecule has 0 aliphatic heterocycles. The van der Waals surface area contributed by atoms with Gasteiger partial charge in [0.1, 0.15) is 11.6 Å². The Morgan fingerprint density at radius 3 is 2.75 bits per heavy atom. The highest BCUT2D eigenvalue weighted by Gasteiger charge is 2.14. The lowest BCUT2D eigenvalue weighted by Crippen LogP contribution is -2.19. The summed E-state index contributed by atoms with van der Waals surface area (Å²) in [7, 11) is 3.70. The summed E-state index contributed by atoms with van der Waals surface area (Å²) in [5.41, 5.74) is 2.02. The van der Waals surface area contributed by atoms with Gasteiger partial charge in [0.2, 0.25) is 0 Å². The number of nitrogens with zero attached hydrogens (tertiary/aromatic N) is 4. The highest BCUT2D eigenvalue weighted by atomic mass is 16.1. The van der Waals surface area contributed by atoms with Gasteiger partial charge < -0.3 is 10.2 Å². The van der Waals surface area contributed by atoms with Gasteiger partial charge >= 0.3 is 0 Å². The fourth-order valence-electron chi connectivity index (χ4n) is 2.34. The number of pyridine rings is 1. The van der Waals surface area contributed by atoms with E-state index in [1.165, 1.54) is 0 Å². The minimum Gasteiger partial charge on any atom is -0.362 e. The first-order valence-electron chi connectivity index (χ1n) is 7.48. The van der Waals surface area contributed by atoms with Crippen molar-refractivity contribution in [3.8, 4) is 11.4 Å². The summed E-state index contributed by atoms with van der Waals surface area (Å²) in [6.07, 6.45) is 1.66. The second-order valence-corrected chi connectivity index (χ2v) is 5.55. The molecule has 0 aliphatic carbocycles. The van der Waals surface area contributed by atoms with Crippen LogP contribution in [0.25, 0.3) is 11.4 Å². The fraction of sp³-hybridized carbons (Fsp3) is 0.176. The highest BCUT2D eigenvalue weighted by Crippen LogP contribution is 2.21.